The van der Waals surface area contributed by atoms with Crippen LogP contribution in [-0.4, -0.2) is 59.9 Å². The number of fused-ring (bicyclic) bond motifs is 1. The van der Waals surface area contributed by atoms with Gasteiger partial charge in [0.05, 0.1) is 26.0 Å². The highest BCUT2D eigenvalue weighted by Crippen LogP contribution is 2.18. The lowest BCUT2D eigenvalue weighted by Crippen LogP contribution is -2.47. The molecule has 1 aliphatic carbocycles. The summed E-state index contributed by atoms with van der Waals surface area (Å²) in [6, 6.07) is 0.237. The largest absolute Gasteiger partial charge is 0.379 e. The van der Waals surface area contributed by atoms with Gasteiger partial charge in [0.15, 0.2) is 0 Å². The number of amides is 1. The van der Waals surface area contributed by atoms with Crippen molar-refractivity contribution in [2.45, 2.75) is 25.3 Å². The summed E-state index contributed by atoms with van der Waals surface area (Å²) < 4.78 is 5.28. The molecule has 3 rings (SSSR count). The van der Waals surface area contributed by atoms with Crippen LogP contribution in [0.3, 0.4) is 0 Å². The minimum Gasteiger partial charge on any atom is -0.379 e. The lowest BCUT2D eigenvalue weighted by Gasteiger charge is -2.28. The van der Waals surface area contributed by atoms with Crippen LogP contribution in [0.5, 0.6) is 0 Å². The molecule has 6 heteroatoms. The Labute approximate surface area is 112 Å². The van der Waals surface area contributed by atoms with Crippen LogP contribution in [0.1, 0.15) is 17.7 Å². The molecule has 2 heterocycles. The van der Waals surface area contributed by atoms with E-state index in [4.69, 9.17) is 4.74 Å². The van der Waals surface area contributed by atoms with Gasteiger partial charge < -0.3 is 10.1 Å². The number of aromatic amines is 1. The highest BCUT2D eigenvalue weighted by Gasteiger charge is 2.22. The molecular formula is C13H20N4O2. The van der Waals surface area contributed by atoms with Crippen molar-refractivity contribution >= 4 is 5.91 Å². The van der Waals surface area contributed by atoms with Gasteiger partial charge in [0.25, 0.3) is 0 Å². The normalized spacial score (nSPS) is 23.9. The molecule has 1 fully saturated rings. The Morgan fingerprint density at radius 1 is 1.53 bits per heavy atom. The number of aromatic nitrogens is 2. The van der Waals surface area contributed by atoms with Gasteiger partial charge in [-0.2, -0.15) is 5.10 Å². The van der Waals surface area contributed by atoms with Gasteiger partial charge in [-0.25, -0.2) is 0 Å². The first-order valence-corrected chi connectivity index (χ1v) is 6.92. The average Bonchev–Trinajstić information content (AvgIpc) is 2.87. The summed E-state index contributed by atoms with van der Waals surface area (Å²) in [5.74, 6) is 0.120. The van der Waals surface area contributed by atoms with Gasteiger partial charge in [-0.3, -0.25) is 14.8 Å². The number of ether oxygens (including phenoxy) is 1. The van der Waals surface area contributed by atoms with Crippen LogP contribution in [-0.2, 0) is 22.4 Å². The summed E-state index contributed by atoms with van der Waals surface area (Å²) in [7, 11) is 0. The molecule has 2 N–H and O–H groups in total. The van der Waals surface area contributed by atoms with E-state index in [2.05, 4.69) is 20.4 Å². The Balaban J connectivity index is 1.47. The van der Waals surface area contributed by atoms with Crippen LogP contribution in [0.25, 0.3) is 0 Å². The van der Waals surface area contributed by atoms with Crippen molar-refractivity contribution < 1.29 is 9.53 Å². The lowest BCUT2D eigenvalue weighted by atomic mass is 9.94. The van der Waals surface area contributed by atoms with Gasteiger partial charge in [-0.15, -0.1) is 0 Å². The Hall–Kier alpha value is -1.40. The maximum Gasteiger partial charge on any atom is 0.234 e. The molecule has 19 heavy (non-hydrogen) atoms. The Morgan fingerprint density at radius 2 is 2.37 bits per heavy atom. The van der Waals surface area contributed by atoms with Crippen molar-refractivity contribution in [3.05, 3.63) is 17.5 Å². The van der Waals surface area contributed by atoms with Crippen LogP contribution in [0.4, 0.5) is 0 Å². The second kappa shape index (κ2) is 5.71. The zero-order valence-electron chi connectivity index (χ0n) is 11.0. The summed E-state index contributed by atoms with van der Waals surface area (Å²) in [5, 5.41) is 10.2. The van der Waals surface area contributed by atoms with E-state index < -0.39 is 0 Å². The van der Waals surface area contributed by atoms with Crippen LogP contribution in [0.2, 0.25) is 0 Å². The van der Waals surface area contributed by atoms with Crippen molar-refractivity contribution in [1.29, 1.82) is 0 Å². The molecule has 1 atom stereocenters. The van der Waals surface area contributed by atoms with Gasteiger partial charge in [-0.1, -0.05) is 0 Å². The zero-order valence-corrected chi connectivity index (χ0v) is 11.0. The van der Waals surface area contributed by atoms with Crippen molar-refractivity contribution in [3.63, 3.8) is 0 Å². The van der Waals surface area contributed by atoms with Gasteiger partial charge >= 0.3 is 0 Å². The molecular weight excluding hydrogens is 244 g/mol. The van der Waals surface area contributed by atoms with E-state index in [0.29, 0.717) is 6.54 Å². The van der Waals surface area contributed by atoms with Crippen molar-refractivity contribution in [1.82, 2.24) is 20.4 Å². The molecule has 0 saturated carbocycles. The molecule has 2 aliphatic rings. The molecule has 0 aromatic carbocycles. The van der Waals surface area contributed by atoms with Gasteiger partial charge in [0.2, 0.25) is 5.91 Å². The summed E-state index contributed by atoms with van der Waals surface area (Å²) in [6.07, 6.45) is 4.75. The number of carbonyl (C=O) groups is 1. The third-order valence-electron chi connectivity index (χ3n) is 3.86. The van der Waals surface area contributed by atoms with Crippen molar-refractivity contribution in [3.8, 4) is 0 Å². The van der Waals surface area contributed by atoms with Gasteiger partial charge in [0.1, 0.15) is 0 Å². The third kappa shape index (κ3) is 3.13. The lowest BCUT2D eigenvalue weighted by molar-refractivity contribution is -0.124. The summed E-state index contributed by atoms with van der Waals surface area (Å²) in [6.45, 7) is 3.64. The number of aryl methyl sites for hydroxylation is 1. The quantitative estimate of drug-likeness (QED) is 0.787. The standard InChI is InChI=1S/C13H20N4O2/c18-13(9-17-3-5-19-6-4-17)15-11-2-1-10-8-14-16-12(10)7-11/h8,11H,1-7,9H2,(H,14,16)(H,15,18). The number of nitrogens with zero attached hydrogens (tertiary/aromatic N) is 2. The second-order valence-electron chi connectivity index (χ2n) is 5.27. The fourth-order valence-electron chi connectivity index (χ4n) is 2.77. The first-order valence-electron chi connectivity index (χ1n) is 6.92. The minimum absolute atomic E-state index is 0.120. The van der Waals surface area contributed by atoms with E-state index in [1.54, 1.807) is 0 Å². The SMILES string of the molecule is O=C(CN1CCOCC1)NC1CCc2cn[nH]c2C1. The maximum absolute atomic E-state index is 12.0. The molecule has 1 aromatic rings. The number of hydrogen-bond acceptors (Lipinski definition) is 4. The number of rotatable bonds is 3. The fourth-order valence-corrected chi connectivity index (χ4v) is 2.77. The van der Waals surface area contributed by atoms with Crippen molar-refractivity contribution in [2.24, 2.45) is 0 Å². The Bertz CT molecular complexity index is 440. The highest BCUT2D eigenvalue weighted by molar-refractivity contribution is 5.78. The molecule has 1 amide bonds. The van der Waals surface area contributed by atoms with Crippen LogP contribution < -0.4 is 5.32 Å². The van der Waals surface area contributed by atoms with E-state index in [-0.39, 0.29) is 11.9 Å². The molecule has 0 radical (unpaired) electrons. The Kier molecular flexibility index (Phi) is 3.79. The molecule has 1 aromatic heterocycles. The van der Waals surface area contributed by atoms with Crippen LogP contribution in [0, 0.1) is 0 Å². The molecule has 1 saturated heterocycles. The molecule has 6 nitrogen and oxygen atoms in total. The zero-order chi connectivity index (χ0) is 13.1. The van der Waals surface area contributed by atoms with E-state index in [9.17, 15) is 4.79 Å². The van der Waals surface area contributed by atoms with E-state index in [1.165, 1.54) is 11.3 Å². The average molecular weight is 264 g/mol. The number of H-pyrrole nitrogens is 1. The molecule has 1 unspecified atom stereocenters. The first-order chi connectivity index (χ1) is 9.31. The Morgan fingerprint density at radius 3 is 3.21 bits per heavy atom. The highest BCUT2D eigenvalue weighted by atomic mass is 16.5. The van der Waals surface area contributed by atoms with E-state index in [0.717, 1.165) is 45.6 Å². The smallest absolute Gasteiger partial charge is 0.234 e. The van der Waals surface area contributed by atoms with Crippen LogP contribution >= 0.6 is 0 Å². The number of morpholine rings is 1. The van der Waals surface area contributed by atoms with Crippen molar-refractivity contribution in [2.75, 3.05) is 32.8 Å². The monoisotopic (exact) mass is 264 g/mol. The molecule has 0 bridgehead atoms. The summed E-state index contributed by atoms with van der Waals surface area (Å²) >= 11 is 0. The molecule has 1 aliphatic heterocycles. The molecule has 104 valence electrons. The van der Waals surface area contributed by atoms with E-state index >= 15 is 0 Å². The van der Waals surface area contributed by atoms with Gasteiger partial charge in [-0.05, 0) is 18.4 Å². The summed E-state index contributed by atoms with van der Waals surface area (Å²) in [5.41, 5.74) is 2.46. The minimum atomic E-state index is 0.120. The number of nitrogens with one attached hydrogen (secondary N) is 2. The maximum atomic E-state index is 12.0. The van der Waals surface area contributed by atoms with Gasteiger partial charge in [0, 0.05) is 31.2 Å². The topological polar surface area (TPSA) is 70.2 Å². The predicted molar refractivity (Wildman–Crippen MR) is 69.8 cm³/mol. The number of hydrogen-bond donors (Lipinski definition) is 2. The first kappa shape index (κ1) is 12.6. The summed E-state index contributed by atoms with van der Waals surface area (Å²) in [4.78, 5) is 14.2. The third-order valence-corrected chi connectivity index (χ3v) is 3.86. The predicted octanol–water partition coefficient (Wildman–Crippen LogP) is -0.285. The fraction of sp³-hybridized carbons (Fsp3) is 0.692. The molecule has 0 spiro atoms. The number of carbonyl (C=O) groups excluding carboxylic acids is 1. The second-order valence-corrected chi connectivity index (χ2v) is 5.27. The van der Waals surface area contributed by atoms with Crippen LogP contribution in [0.15, 0.2) is 6.20 Å². The van der Waals surface area contributed by atoms with E-state index in [1.807, 2.05) is 6.20 Å².